The number of methoxy groups -OCH3 is 1. The molecule has 0 bridgehead atoms. The van der Waals surface area contributed by atoms with Crippen LogP contribution in [0.1, 0.15) is 12.0 Å². The lowest BCUT2D eigenvalue weighted by molar-refractivity contribution is -0.120. The summed E-state index contributed by atoms with van der Waals surface area (Å²) in [6.45, 7) is 0.579. The zero-order valence-electron chi connectivity index (χ0n) is 11.8. The molecule has 0 unspecified atom stereocenters. The van der Waals surface area contributed by atoms with Gasteiger partial charge in [0.15, 0.2) is 0 Å². The fraction of sp³-hybridized carbons (Fsp3) is 0.312. The van der Waals surface area contributed by atoms with Gasteiger partial charge in [-0.2, -0.15) is 11.8 Å². The molecular formula is C16H19NO2S. The Balaban J connectivity index is 2.03. The third-order valence-electron chi connectivity index (χ3n) is 3.13. The Morgan fingerprint density at radius 1 is 1.20 bits per heavy atom. The van der Waals surface area contributed by atoms with Crippen LogP contribution in [0.5, 0.6) is 5.75 Å². The van der Waals surface area contributed by atoms with E-state index in [1.54, 1.807) is 18.9 Å². The number of thioether (sulfide) groups is 1. The second kappa shape index (κ2) is 7.20. The van der Waals surface area contributed by atoms with Crippen LogP contribution < -0.4 is 10.1 Å². The molecule has 0 spiro atoms. The van der Waals surface area contributed by atoms with E-state index in [-0.39, 0.29) is 5.91 Å². The number of hydrogen-bond donors (Lipinski definition) is 1. The number of ether oxygens (including phenoxy) is 1. The van der Waals surface area contributed by atoms with Crippen molar-refractivity contribution < 1.29 is 9.53 Å². The van der Waals surface area contributed by atoms with Gasteiger partial charge in [0.2, 0.25) is 5.91 Å². The molecule has 0 fully saturated rings. The van der Waals surface area contributed by atoms with Crippen LogP contribution in [0.4, 0.5) is 0 Å². The number of benzene rings is 2. The Kier molecular flexibility index (Phi) is 5.30. The minimum Gasteiger partial charge on any atom is -0.497 e. The van der Waals surface area contributed by atoms with E-state index in [4.69, 9.17) is 4.74 Å². The van der Waals surface area contributed by atoms with Crippen LogP contribution >= 0.6 is 11.8 Å². The van der Waals surface area contributed by atoms with Crippen LogP contribution in [0.25, 0.3) is 10.8 Å². The van der Waals surface area contributed by atoms with Gasteiger partial charge in [-0.3, -0.25) is 4.79 Å². The lowest BCUT2D eigenvalue weighted by Gasteiger charge is -2.07. The molecule has 0 heterocycles. The zero-order valence-corrected chi connectivity index (χ0v) is 12.6. The molecule has 1 N–H and O–H groups in total. The number of nitrogens with one attached hydrogen (secondary N) is 1. The monoisotopic (exact) mass is 289 g/mol. The van der Waals surface area contributed by atoms with Crippen molar-refractivity contribution in [2.45, 2.75) is 13.0 Å². The average molecular weight is 289 g/mol. The highest BCUT2D eigenvalue weighted by Gasteiger charge is 2.02. The lowest BCUT2D eigenvalue weighted by atomic mass is 10.1. The maximum Gasteiger partial charge on any atom is 0.221 e. The molecule has 0 saturated carbocycles. The van der Waals surface area contributed by atoms with E-state index in [1.165, 1.54) is 0 Å². The van der Waals surface area contributed by atoms with Crippen LogP contribution in [0.2, 0.25) is 0 Å². The summed E-state index contributed by atoms with van der Waals surface area (Å²) in [7, 11) is 1.67. The van der Waals surface area contributed by atoms with Gasteiger partial charge in [0.05, 0.1) is 7.11 Å². The van der Waals surface area contributed by atoms with Crippen molar-refractivity contribution in [1.29, 1.82) is 0 Å². The summed E-state index contributed by atoms with van der Waals surface area (Å²) in [6, 6.07) is 12.2. The Hall–Kier alpha value is -1.68. The molecule has 0 aliphatic rings. The maximum atomic E-state index is 11.6. The van der Waals surface area contributed by atoms with Gasteiger partial charge in [-0.1, -0.05) is 18.2 Å². The molecule has 106 valence electrons. The van der Waals surface area contributed by atoms with Gasteiger partial charge >= 0.3 is 0 Å². The fourth-order valence-electron chi connectivity index (χ4n) is 1.99. The van der Waals surface area contributed by atoms with Crippen LogP contribution in [0, 0.1) is 0 Å². The second-order valence-corrected chi connectivity index (χ2v) is 5.55. The van der Waals surface area contributed by atoms with E-state index in [0.717, 1.165) is 27.8 Å². The summed E-state index contributed by atoms with van der Waals surface area (Å²) < 4.78 is 5.21. The molecule has 2 aromatic carbocycles. The SMILES string of the molecule is COc1ccc2cc(CNC(=O)CCSC)ccc2c1. The molecular weight excluding hydrogens is 270 g/mol. The molecule has 0 saturated heterocycles. The summed E-state index contributed by atoms with van der Waals surface area (Å²) in [6.07, 6.45) is 2.58. The average Bonchev–Trinajstić information content (AvgIpc) is 2.50. The largest absolute Gasteiger partial charge is 0.497 e. The minimum absolute atomic E-state index is 0.106. The molecule has 4 heteroatoms. The highest BCUT2D eigenvalue weighted by molar-refractivity contribution is 7.98. The minimum atomic E-state index is 0.106. The van der Waals surface area contributed by atoms with Gasteiger partial charge in [0, 0.05) is 18.7 Å². The summed E-state index contributed by atoms with van der Waals surface area (Å²) in [5, 5.41) is 5.24. The van der Waals surface area contributed by atoms with Crippen LogP contribution in [-0.4, -0.2) is 25.0 Å². The Labute approximate surface area is 123 Å². The first-order valence-electron chi connectivity index (χ1n) is 6.55. The topological polar surface area (TPSA) is 38.3 Å². The van der Waals surface area contributed by atoms with Gasteiger partial charge in [-0.05, 0) is 40.8 Å². The van der Waals surface area contributed by atoms with Crippen molar-refractivity contribution in [3.8, 4) is 5.75 Å². The van der Waals surface area contributed by atoms with Crippen LogP contribution in [0.3, 0.4) is 0 Å². The van der Waals surface area contributed by atoms with E-state index in [0.29, 0.717) is 13.0 Å². The van der Waals surface area contributed by atoms with Crippen molar-refractivity contribution in [3.63, 3.8) is 0 Å². The molecule has 0 radical (unpaired) electrons. The molecule has 2 aromatic rings. The smallest absolute Gasteiger partial charge is 0.221 e. The van der Waals surface area contributed by atoms with Gasteiger partial charge in [0.1, 0.15) is 5.75 Å². The van der Waals surface area contributed by atoms with E-state index >= 15 is 0 Å². The normalized spacial score (nSPS) is 10.5. The Morgan fingerprint density at radius 3 is 2.70 bits per heavy atom. The molecule has 2 rings (SSSR count). The Bertz CT molecular complexity index is 598. The third-order valence-corrected chi connectivity index (χ3v) is 3.75. The van der Waals surface area contributed by atoms with Crippen molar-refractivity contribution in [2.24, 2.45) is 0 Å². The van der Waals surface area contributed by atoms with Crippen molar-refractivity contribution in [2.75, 3.05) is 19.1 Å². The first kappa shape index (κ1) is 14.7. The highest BCUT2D eigenvalue weighted by Crippen LogP contribution is 2.21. The predicted molar refractivity (Wildman–Crippen MR) is 85.3 cm³/mol. The van der Waals surface area contributed by atoms with E-state index in [1.807, 2.05) is 30.5 Å². The molecule has 0 aliphatic heterocycles. The van der Waals surface area contributed by atoms with Crippen molar-refractivity contribution in [1.82, 2.24) is 5.32 Å². The Morgan fingerprint density at radius 2 is 1.95 bits per heavy atom. The molecule has 3 nitrogen and oxygen atoms in total. The maximum absolute atomic E-state index is 11.6. The predicted octanol–water partition coefficient (Wildman–Crippen LogP) is 3.22. The third kappa shape index (κ3) is 3.90. The van der Waals surface area contributed by atoms with Gasteiger partial charge in [-0.25, -0.2) is 0 Å². The number of rotatable bonds is 6. The van der Waals surface area contributed by atoms with E-state index in [9.17, 15) is 4.79 Å². The summed E-state index contributed by atoms with van der Waals surface area (Å²) in [5.41, 5.74) is 1.11. The molecule has 0 aromatic heterocycles. The number of carbonyl (C=O) groups is 1. The fourth-order valence-corrected chi connectivity index (χ4v) is 2.38. The zero-order chi connectivity index (χ0) is 14.4. The number of fused-ring (bicyclic) bond motifs is 1. The second-order valence-electron chi connectivity index (χ2n) is 4.57. The van der Waals surface area contributed by atoms with E-state index < -0.39 is 0 Å². The van der Waals surface area contributed by atoms with E-state index in [2.05, 4.69) is 17.4 Å². The van der Waals surface area contributed by atoms with Crippen molar-refractivity contribution >= 4 is 28.4 Å². The highest BCUT2D eigenvalue weighted by atomic mass is 32.2. The van der Waals surface area contributed by atoms with Gasteiger partial charge in [0.25, 0.3) is 0 Å². The summed E-state index contributed by atoms with van der Waals surface area (Å²) in [5.74, 6) is 1.83. The first-order valence-corrected chi connectivity index (χ1v) is 7.94. The van der Waals surface area contributed by atoms with Crippen molar-refractivity contribution in [3.05, 3.63) is 42.0 Å². The lowest BCUT2D eigenvalue weighted by Crippen LogP contribution is -2.22. The molecule has 20 heavy (non-hydrogen) atoms. The summed E-state index contributed by atoms with van der Waals surface area (Å²) >= 11 is 1.68. The van der Waals surface area contributed by atoms with Crippen LogP contribution in [0.15, 0.2) is 36.4 Å². The quantitative estimate of drug-likeness (QED) is 0.887. The molecule has 0 aliphatic carbocycles. The standard InChI is InChI=1S/C16H19NO2S/c1-19-15-6-5-13-9-12(3-4-14(13)10-15)11-17-16(18)7-8-20-2/h3-6,9-10H,7-8,11H2,1-2H3,(H,17,18). The number of hydrogen-bond acceptors (Lipinski definition) is 3. The number of amides is 1. The molecule has 0 atom stereocenters. The van der Waals surface area contributed by atoms with Gasteiger partial charge in [-0.15, -0.1) is 0 Å². The van der Waals surface area contributed by atoms with Gasteiger partial charge < -0.3 is 10.1 Å². The number of carbonyl (C=O) groups excluding carboxylic acids is 1. The summed E-state index contributed by atoms with van der Waals surface area (Å²) in [4.78, 5) is 11.6. The molecule has 1 amide bonds. The van der Waals surface area contributed by atoms with Crippen LogP contribution in [-0.2, 0) is 11.3 Å². The first-order chi connectivity index (χ1) is 9.72.